The van der Waals surface area contributed by atoms with E-state index in [0.717, 1.165) is 18.4 Å². The lowest BCUT2D eigenvalue weighted by Gasteiger charge is -2.54. The first-order chi connectivity index (χ1) is 9.15. The Bertz CT molecular complexity index is 460. The molecule has 0 saturated heterocycles. The maximum Gasteiger partial charge on any atom is 0.315 e. The van der Waals surface area contributed by atoms with E-state index in [0.29, 0.717) is 18.0 Å². The molecule has 2 aliphatic carbocycles. The summed E-state index contributed by atoms with van der Waals surface area (Å²) < 4.78 is 12.7. The van der Waals surface area contributed by atoms with Gasteiger partial charge in [-0.3, -0.25) is 0 Å². The topological polar surface area (TPSA) is 41.1 Å². The number of nitrogens with one attached hydrogen (secondary N) is 2. The molecule has 2 amide bonds. The van der Waals surface area contributed by atoms with Crippen LogP contribution < -0.4 is 10.6 Å². The second-order valence-corrected chi connectivity index (χ2v) is 5.91. The van der Waals surface area contributed by atoms with Crippen LogP contribution in [0, 0.1) is 11.2 Å². The average Bonchev–Trinajstić information content (AvgIpc) is 2.30. The van der Waals surface area contributed by atoms with E-state index in [9.17, 15) is 9.18 Å². The first kappa shape index (κ1) is 12.5. The Morgan fingerprint density at radius 3 is 2.53 bits per heavy atom. The molecule has 1 spiro atoms. The van der Waals surface area contributed by atoms with Gasteiger partial charge >= 0.3 is 6.03 Å². The monoisotopic (exact) mass is 262 g/mol. The van der Waals surface area contributed by atoms with Crippen molar-refractivity contribution >= 4 is 6.03 Å². The van der Waals surface area contributed by atoms with Crippen LogP contribution in [-0.4, -0.2) is 12.1 Å². The Hall–Kier alpha value is -1.58. The quantitative estimate of drug-likeness (QED) is 0.864. The Morgan fingerprint density at radius 1 is 1.26 bits per heavy atom. The third-order valence-corrected chi connectivity index (χ3v) is 4.47. The van der Waals surface area contributed by atoms with E-state index in [-0.39, 0.29) is 11.8 Å². The van der Waals surface area contributed by atoms with Gasteiger partial charge in [0.1, 0.15) is 5.82 Å². The van der Waals surface area contributed by atoms with Crippen molar-refractivity contribution in [2.24, 2.45) is 5.41 Å². The molecule has 102 valence electrons. The van der Waals surface area contributed by atoms with E-state index in [1.807, 2.05) is 0 Å². The molecule has 0 bridgehead atoms. The van der Waals surface area contributed by atoms with Crippen LogP contribution >= 0.6 is 0 Å². The van der Waals surface area contributed by atoms with E-state index in [1.54, 1.807) is 12.1 Å². The van der Waals surface area contributed by atoms with Crippen molar-refractivity contribution in [1.29, 1.82) is 0 Å². The van der Waals surface area contributed by atoms with Gasteiger partial charge in [-0.2, -0.15) is 0 Å². The minimum absolute atomic E-state index is 0.122. The Balaban J connectivity index is 1.38. The van der Waals surface area contributed by atoms with Crippen molar-refractivity contribution in [2.45, 2.75) is 44.7 Å². The fourth-order valence-electron chi connectivity index (χ4n) is 3.19. The predicted octanol–water partition coefficient (Wildman–Crippen LogP) is 2.96. The van der Waals surface area contributed by atoms with E-state index in [4.69, 9.17) is 0 Å². The summed E-state index contributed by atoms with van der Waals surface area (Å²) in [6, 6.07) is 6.39. The molecule has 1 aromatic carbocycles. The van der Waals surface area contributed by atoms with Gasteiger partial charge in [0.25, 0.3) is 0 Å². The third-order valence-electron chi connectivity index (χ3n) is 4.47. The fourth-order valence-corrected chi connectivity index (χ4v) is 3.19. The van der Waals surface area contributed by atoms with Gasteiger partial charge in [-0.1, -0.05) is 18.6 Å². The molecular formula is C15H19FN2O. The van der Waals surface area contributed by atoms with Crippen LogP contribution in [0.15, 0.2) is 24.3 Å². The molecule has 2 aliphatic rings. The molecule has 0 radical (unpaired) electrons. The normalized spacial score (nSPS) is 20.5. The van der Waals surface area contributed by atoms with Gasteiger partial charge in [-0.05, 0) is 48.8 Å². The number of carbonyl (C=O) groups excluding carboxylic acids is 1. The standard InChI is InChI=1S/C15H19FN2O/c16-12-4-2-11(3-5-12)10-17-14(19)18-13-8-15(9-13)6-1-7-15/h2-5,13H,1,6-10H2,(H2,17,18,19). The van der Waals surface area contributed by atoms with E-state index < -0.39 is 0 Å². The number of rotatable bonds is 3. The molecule has 3 nitrogen and oxygen atoms in total. The number of urea groups is 1. The van der Waals surface area contributed by atoms with Gasteiger partial charge in [0.2, 0.25) is 0 Å². The number of hydrogen-bond acceptors (Lipinski definition) is 1. The van der Waals surface area contributed by atoms with Crippen molar-refractivity contribution in [3.8, 4) is 0 Å². The summed E-state index contributed by atoms with van der Waals surface area (Å²) in [7, 11) is 0. The number of benzene rings is 1. The number of halogens is 1. The lowest BCUT2D eigenvalue weighted by atomic mass is 9.54. The van der Waals surface area contributed by atoms with Crippen LogP contribution in [0.4, 0.5) is 9.18 Å². The average molecular weight is 262 g/mol. The Morgan fingerprint density at radius 2 is 1.95 bits per heavy atom. The maximum atomic E-state index is 12.7. The zero-order chi connectivity index (χ0) is 13.3. The molecule has 0 aromatic heterocycles. The second kappa shape index (κ2) is 4.83. The van der Waals surface area contributed by atoms with Crippen molar-refractivity contribution < 1.29 is 9.18 Å². The SMILES string of the molecule is O=C(NCc1ccc(F)cc1)NC1CC2(CCC2)C1. The van der Waals surface area contributed by atoms with Crippen LogP contribution in [0.25, 0.3) is 0 Å². The highest BCUT2D eigenvalue weighted by Crippen LogP contribution is 2.55. The van der Waals surface area contributed by atoms with Crippen LogP contribution in [0.1, 0.15) is 37.7 Å². The van der Waals surface area contributed by atoms with Gasteiger partial charge in [0.05, 0.1) is 0 Å². The van der Waals surface area contributed by atoms with Gasteiger partial charge in [-0.15, -0.1) is 0 Å². The molecule has 0 aliphatic heterocycles. The summed E-state index contributed by atoms with van der Waals surface area (Å²) >= 11 is 0. The summed E-state index contributed by atoms with van der Waals surface area (Å²) in [5.74, 6) is -0.256. The number of hydrogen-bond donors (Lipinski definition) is 2. The van der Waals surface area contributed by atoms with Gasteiger partial charge < -0.3 is 10.6 Å². The summed E-state index contributed by atoms with van der Waals surface area (Å²) in [6.45, 7) is 0.435. The largest absolute Gasteiger partial charge is 0.335 e. The van der Waals surface area contributed by atoms with Crippen LogP contribution in [0.3, 0.4) is 0 Å². The summed E-state index contributed by atoms with van der Waals surface area (Å²) in [5.41, 5.74) is 1.48. The summed E-state index contributed by atoms with van der Waals surface area (Å²) in [5, 5.41) is 5.81. The highest BCUT2D eigenvalue weighted by atomic mass is 19.1. The first-order valence-electron chi connectivity index (χ1n) is 6.94. The van der Waals surface area contributed by atoms with Gasteiger partial charge in [0, 0.05) is 12.6 Å². The molecule has 0 atom stereocenters. The number of amides is 2. The number of carbonyl (C=O) groups is 1. The molecule has 2 fully saturated rings. The van der Waals surface area contributed by atoms with E-state index in [2.05, 4.69) is 10.6 Å². The van der Waals surface area contributed by atoms with Crippen LogP contribution in [0.5, 0.6) is 0 Å². The third kappa shape index (κ3) is 2.72. The molecule has 2 N–H and O–H groups in total. The lowest BCUT2D eigenvalue weighted by Crippen LogP contribution is -2.55. The van der Waals surface area contributed by atoms with Crippen molar-refractivity contribution in [1.82, 2.24) is 10.6 Å². The van der Waals surface area contributed by atoms with E-state index in [1.165, 1.54) is 31.4 Å². The molecule has 3 rings (SSSR count). The smallest absolute Gasteiger partial charge is 0.315 e. The molecule has 2 saturated carbocycles. The first-order valence-corrected chi connectivity index (χ1v) is 6.94. The van der Waals surface area contributed by atoms with Gasteiger partial charge in [-0.25, -0.2) is 9.18 Å². The fraction of sp³-hybridized carbons (Fsp3) is 0.533. The summed E-state index contributed by atoms with van der Waals surface area (Å²) in [6.07, 6.45) is 6.29. The zero-order valence-corrected chi connectivity index (χ0v) is 10.9. The molecule has 4 heteroatoms. The molecular weight excluding hydrogens is 243 g/mol. The molecule has 0 unspecified atom stereocenters. The van der Waals surface area contributed by atoms with Crippen molar-refractivity contribution in [2.75, 3.05) is 0 Å². The maximum absolute atomic E-state index is 12.7. The van der Waals surface area contributed by atoms with Crippen molar-refractivity contribution in [3.05, 3.63) is 35.6 Å². The Kier molecular flexibility index (Phi) is 3.17. The molecule has 19 heavy (non-hydrogen) atoms. The van der Waals surface area contributed by atoms with Crippen LogP contribution in [0.2, 0.25) is 0 Å². The van der Waals surface area contributed by atoms with E-state index >= 15 is 0 Å². The predicted molar refractivity (Wildman–Crippen MR) is 71.1 cm³/mol. The van der Waals surface area contributed by atoms with Gasteiger partial charge in [0.15, 0.2) is 0 Å². The second-order valence-electron chi connectivity index (χ2n) is 5.91. The zero-order valence-electron chi connectivity index (χ0n) is 10.9. The molecule has 0 heterocycles. The highest BCUT2D eigenvalue weighted by molar-refractivity contribution is 5.74. The Labute approximate surface area is 112 Å². The highest BCUT2D eigenvalue weighted by Gasteiger charge is 2.48. The minimum Gasteiger partial charge on any atom is -0.335 e. The van der Waals surface area contributed by atoms with Crippen LogP contribution in [-0.2, 0) is 6.54 Å². The lowest BCUT2D eigenvalue weighted by molar-refractivity contribution is 0.00225. The summed E-state index contributed by atoms with van der Waals surface area (Å²) in [4.78, 5) is 11.7. The molecule has 1 aromatic rings. The minimum atomic E-state index is -0.256. The van der Waals surface area contributed by atoms with Crippen molar-refractivity contribution in [3.63, 3.8) is 0 Å².